The first-order chi connectivity index (χ1) is 13.9. The van der Waals surface area contributed by atoms with E-state index in [-0.39, 0.29) is 5.56 Å². The summed E-state index contributed by atoms with van der Waals surface area (Å²) in [4.78, 5) is 16.1. The van der Waals surface area contributed by atoms with Gasteiger partial charge in [-0.2, -0.15) is 13.2 Å². The summed E-state index contributed by atoms with van der Waals surface area (Å²) in [6.45, 7) is 1.52. The molecule has 1 aromatic heterocycles. The molecule has 0 aliphatic carbocycles. The van der Waals surface area contributed by atoms with Crippen LogP contribution in [0, 0.1) is 0 Å². The molecule has 0 saturated carbocycles. The second-order valence-electron chi connectivity index (χ2n) is 6.89. The number of aliphatic hydroxyl groups excluding tert-OH is 1. The number of halogens is 3. The van der Waals surface area contributed by atoms with Crippen molar-refractivity contribution in [3.8, 4) is 0 Å². The summed E-state index contributed by atoms with van der Waals surface area (Å²) >= 11 is 0. The van der Waals surface area contributed by atoms with E-state index in [1.54, 1.807) is 18.2 Å². The highest BCUT2D eigenvalue weighted by Crippen LogP contribution is 2.33. The van der Waals surface area contributed by atoms with E-state index in [0.29, 0.717) is 43.1 Å². The Balaban J connectivity index is 1.62. The van der Waals surface area contributed by atoms with Crippen molar-refractivity contribution in [2.75, 3.05) is 36.0 Å². The number of rotatable bonds is 3. The molecule has 0 spiro atoms. The summed E-state index contributed by atoms with van der Waals surface area (Å²) < 4.78 is 44.3. The largest absolute Gasteiger partial charge is 0.422 e. The molecule has 2 heterocycles. The average molecular weight is 404 g/mol. The number of piperazine rings is 1. The summed E-state index contributed by atoms with van der Waals surface area (Å²) in [7, 11) is 0. The van der Waals surface area contributed by atoms with E-state index in [4.69, 9.17) is 4.42 Å². The molecule has 0 atom stereocenters. The van der Waals surface area contributed by atoms with Crippen LogP contribution in [0.3, 0.4) is 0 Å². The van der Waals surface area contributed by atoms with E-state index in [1.165, 1.54) is 6.07 Å². The number of anilines is 2. The van der Waals surface area contributed by atoms with Crippen molar-refractivity contribution >= 4 is 22.3 Å². The Kier molecular flexibility index (Phi) is 4.96. The third-order valence-electron chi connectivity index (χ3n) is 5.17. The fourth-order valence-electron chi connectivity index (χ4n) is 3.74. The maximum absolute atomic E-state index is 13.0. The van der Waals surface area contributed by atoms with Gasteiger partial charge in [0, 0.05) is 37.3 Å². The van der Waals surface area contributed by atoms with Gasteiger partial charge < -0.3 is 19.3 Å². The molecule has 0 radical (unpaired) electrons. The summed E-state index contributed by atoms with van der Waals surface area (Å²) in [5.41, 5.74) is 0.511. The van der Waals surface area contributed by atoms with E-state index in [2.05, 4.69) is 0 Å². The fraction of sp³-hybridized carbons (Fsp3) is 0.286. The van der Waals surface area contributed by atoms with Crippen molar-refractivity contribution in [2.45, 2.75) is 12.8 Å². The SMILES string of the molecule is O=c1oc2ccccc2c(N2CCN(c3cccc(C(F)(F)F)c3)CC2)c1CO. The van der Waals surface area contributed by atoms with Gasteiger partial charge in [0.15, 0.2) is 0 Å². The van der Waals surface area contributed by atoms with Crippen LogP contribution in [0.2, 0.25) is 0 Å². The highest BCUT2D eigenvalue weighted by atomic mass is 19.4. The zero-order chi connectivity index (χ0) is 20.6. The van der Waals surface area contributed by atoms with Gasteiger partial charge in [-0.1, -0.05) is 18.2 Å². The van der Waals surface area contributed by atoms with Gasteiger partial charge in [-0.25, -0.2) is 4.79 Å². The monoisotopic (exact) mass is 404 g/mol. The molecular weight excluding hydrogens is 385 g/mol. The van der Waals surface area contributed by atoms with Crippen LogP contribution < -0.4 is 15.4 Å². The molecule has 1 aliphatic rings. The minimum Gasteiger partial charge on any atom is -0.422 e. The topological polar surface area (TPSA) is 56.9 Å². The van der Waals surface area contributed by atoms with Gasteiger partial charge in [-0.05, 0) is 30.3 Å². The quantitative estimate of drug-likeness (QED) is 0.676. The normalized spacial score (nSPS) is 15.2. The summed E-state index contributed by atoms with van der Waals surface area (Å²) in [6, 6.07) is 12.4. The van der Waals surface area contributed by atoms with Gasteiger partial charge in [0.25, 0.3) is 0 Å². The number of nitrogens with zero attached hydrogens (tertiary/aromatic N) is 2. The average Bonchev–Trinajstić information content (AvgIpc) is 2.72. The molecule has 4 rings (SSSR count). The van der Waals surface area contributed by atoms with Gasteiger partial charge in [0.05, 0.1) is 23.4 Å². The number of benzene rings is 2. The first-order valence-electron chi connectivity index (χ1n) is 9.21. The van der Waals surface area contributed by atoms with Gasteiger partial charge in [0.2, 0.25) is 0 Å². The second-order valence-corrected chi connectivity index (χ2v) is 6.89. The Hall–Kier alpha value is -3.00. The van der Waals surface area contributed by atoms with Crippen LogP contribution >= 0.6 is 0 Å². The molecule has 0 bridgehead atoms. The highest BCUT2D eigenvalue weighted by molar-refractivity contribution is 5.92. The minimum absolute atomic E-state index is 0.191. The molecule has 152 valence electrons. The lowest BCUT2D eigenvalue weighted by molar-refractivity contribution is -0.137. The Morgan fingerprint density at radius 2 is 1.66 bits per heavy atom. The van der Waals surface area contributed by atoms with Crippen molar-refractivity contribution < 1.29 is 22.7 Å². The molecule has 1 saturated heterocycles. The Morgan fingerprint density at radius 1 is 0.966 bits per heavy atom. The number of alkyl halides is 3. The Bertz CT molecular complexity index is 1090. The minimum atomic E-state index is -4.38. The maximum atomic E-state index is 13.0. The fourth-order valence-corrected chi connectivity index (χ4v) is 3.74. The number of hydrogen-bond donors (Lipinski definition) is 1. The van der Waals surface area contributed by atoms with E-state index < -0.39 is 24.0 Å². The number of fused-ring (bicyclic) bond motifs is 1. The lowest BCUT2D eigenvalue weighted by Gasteiger charge is -2.38. The first-order valence-corrected chi connectivity index (χ1v) is 9.21. The molecular formula is C21H19F3N2O3. The van der Waals surface area contributed by atoms with E-state index in [9.17, 15) is 23.1 Å². The molecule has 8 heteroatoms. The zero-order valence-corrected chi connectivity index (χ0v) is 15.4. The van der Waals surface area contributed by atoms with E-state index >= 15 is 0 Å². The molecule has 0 amide bonds. The highest BCUT2D eigenvalue weighted by Gasteiger charge is 2.31. The van der Waals surface area contributed by atoms with Gasteiger partial charge in [0.1, 0.15) is 5.58 Å². The number of para-hydroxylation sites is 1. The van der Waals surface area contributed by atoms with Crippen molar-refractivity contribution in [1.29, 1.82) is 0 Å². The molecule has 2 aromatic carbocycles. The van der Waals surface area contributed by atoms with Crippen LogP contribution in [0.5, 0.6) is 0 Å². The second kappa shape index (κ2) is 7.44. The molecule has 1 aliphatic heterocycles. The van der Waals surface area contributed by atoms with Gasteiger partial charge in [-0.15, -0.1) is 0 Å². The lowest BCUT2D eigenvalue weighted by Crippen LogP contribution is -2.47. The predicted octanol–water partition coefficient (Wildman–Crippen LogP) is 3.63. The van der Waals surface area contributed by atoms with Gasteiger partial charge >= 0.3 is 11.8 Å². The van der Waals surface area contributed by atoms with Crippen molar-refractivity contribution in [2.24, 2.45) is 0 Å². The smallest absolute Gasteiger partial charge is 0.416 e. The van der Waals surface area contributed by atoms with Crippen LogP contribution in [0.15, 0.2) is 57.7 Å². The van der Waals surface area contributed by atoms with Crippen LogP contribution in [0.1, 0.15) is 11.1 Å². The van der Waals surface area contributed by atoms with Crippen LogP contribution in [-0.2, 0) is 12.8 Å². The van der Waals surface area contributed by atoms with Gasteiger partial charge in [-0.3, -0.25) is 0 Å². The van der Waals surface area contributed by atoms with E-state index in [0.717, 1.165) is 17.5 Å². The Morgan fingerprint density at radius 3 is 2.34 bits per heavy atom. The van der Waals surface area contributed by atoms with Crippen LogP contribution in [-0.4, -0.2) is 31.3 Å². The van der Waals surface area contributed by atoms with Crippen molar-refractivity contribution in [3.63, 3.8) is 0 Å². The first kappa shape index (κ1) is 19.3. The predicted molar refractivity (Wildman–Crippen MR) is 104 cm³/mol. The standard InChI is InChI=1S/C21H19F3N2O3/c22-21(23,24)14-4-3-5-15(12-14)25-8-10-26(11-9-25)19-16-6-1-2-7-18(16)29-20(28)17(19)13-27/h1-7,12,27H,8-11,13H2. The molecule has 1 fully saturated rings. The summed E-state index contributed by atoms with van der Waals surface area (Å²) in [5.74, 6) is 0. The van der Waals surface area contributed by atoms with E-state index in [1.807, 2.05) is 21.9 Å². The number of aliphatic hydroxyl groups is 1. The van der Waals surface area contributed by atoms with Crippen molar-refractivity contribution in [1.82, 2.24) is 0 Å². The van der Waals surface area contributed by atoms with Crippen molar-refractivity contribution in [3.05, 3.63) is 70.1 Å². The lowest BCUT2D eigenvalue weighted by atomic mass is 10.1. The third kappa shape index (κ3) is 3.67. The third-order valence-corrected chi connectivity index (χ3v) is 5.17. The summed E-state index contributed by atoms with van der Waals surface area (Å²) in [5, 5.41) is 10.4. The molecule has 5 nitrogen and oxygen atoms in total. The Labute approximate surface area is 164 Å². The summed E-state index contributed by atoms with van der Waals surface area (Å²) in [6.07, 6.45) is -4.38. The van der Waals surface area contributed by atoms with Crippen LogP contribution in [0.25, 0.3) is 11.0 Å². The molecule has 0 unspecified atom stereocenters. The molecule has 3 aromatic rings. The molecule has 1 N–H and O–H groups in total. The van der Waals surface area contributed by atoms with Crippen LogP contribution in [0.4, 0.5) is 24.5 Å². The maximum Gasteiger partial charge on any atom is 0.416 e. The zero-order valence-electron chi connectivity index (χ0n) is 15.4. The molecule has 29 heavy (non-hydrogen) atoms. The number of hydrogen-bond acceptors (Lipinski definition) is 5.